The van der Waals surface area contributed by atoms with Gasteiger partial charge >= 0.3 is 0 Å². The fraction of sp³-hybridized carbons (Fsp3) is 0.444. The molecule has 1 aliphatic heterocycles. The van der Waals surface area contributed by atoms with Gasteiger partial charge in [0, 0.05) is 23.4 Å². The maximum absolute atomic E-state index is 5.79. The van der Waals surface area contributed by atoms with E-state index < -0.39 is 0 Å². The summed E-state index contributed by atoms with van der Waals surface area (Å²) < 4.78 is 0. The minimum Gasteiger partial charge on any atom is -0.265 e. The van der Waals surface area contributed by atoms with E-state index in [4.69, 9.17) is 11.6 Å². The van der Waals surface area contributed by atoms with E-state index in [1.165, 1.54) is 5.71 Å². The Bertz CT molecular complexity index is 221. The lowest BCUT2D eigenvalue weighted by molar-refractivity contribution is 0.867. The lowest BCUT2D eigenvalue weighted by Crippen LogP contribution is -2.04. The van der Waals surface area contributed by atoms with Crippen LogP contribution in [0.1, 0.15) is 20.3 Å². The van der Waals surface area contributed by atoms with Crippen LogP contribution in [0.25, 0.3) is 0 Å². The first-order chi connectivity index (χ1) is 5.20. The Balaban J connectivity index is 2.73. The van der Waals surface area contributed by atoms with Crippen molar-refractivity contribution in [1.82, 2.24) is 0 Å². The van der Waals surface area contributed by atoms with Crippen molar-refractivity contribution in [3.05, 3.63) is 23.4 Å². The standard InChI is InChI=1S/C9H12ClN/c1-7(2)9-4-3-8(10)5-6-11-9/h3,5-7H,4H2,1-2H3. The van der Waals surface area contributed by atoms with E-state index in [2.05, 4.69) is 18.8 Å². The van der Waals surface area contributed by atoms with E-state index in [1.807, 2.05) is 12.2 Å². The van der Waals surface area contributed by atoms with Crippen molar-refractivity contribution < 1.29 is 0 Å². The summed E-state index contributed by atoms with van der Waals surface area (Å²) in [6.45, 7) is 4.28. The van der Waals surface area contributed by atoms with E-state index in [1.54, 1.807) is 6.20 Å². The molecule has 0 bridgehead atoms. The molecular formula is C9H12ClN. The molecule has 1 aliphatic rings. The number of nitrogens with zero attached hydrogens (tertiary/aromatic N) is 1. The van der Waals surface area contributed by atoms with Crippen LogP contribution in [0, 0.1) is 5.92 Å². The van der Waals surface area contributed by atoms with Crippen LogP contribution >= 0.6 is 11.6 Å². The van der Waals surface area contributed by atoms with Gasteiger partial charge in [-0.15, -0.1) is 0 Å². The fourth-order valence-electron chi connectivity index (χ4n) is 0.912. The SMILES string of the molecule is CC(C)C1=NC=CC(Cl)=CC1. The monoisotopic (exact) mass is 169 g/mol. The quantitative estimate of drug-likeness (QED) is 0.572. The molecule has 0 atom stereocenters. The Morgan fingerprint density at radius 2 is 2.27 bits per heavy atom. The Morgan fingerprint density at radius 1 is 1.55 bits per heavy atom. The van der Waals surface area contributed by atoms with Gasteiger partial charge < -0.3 is 0 Å². The number of aliphatic imine (C=N–C) groups is 1. The second kappa shape index (κ2) is 3.72. The Kier molecular flexibility index (Phi) is 2.89. The average molecular weight is 170 g/mol. The summed E-state index contributed by atoms with van der Waals surface area (Å²) >= 11 is 5.79. The predicted molar refractivity (Wildman–Crippen MR) is 50.0 cm³/mol. The van der Waals surface area contributed by atoms with Gasteiger partial charge in [0.15, 0.2) is 0 Å². The third kappa shape index (κ3) is 2.51. The normalized spacial score (nSPS) is 17.8. The van der Waals surface area contributed by atoms with Crippen molar-refractivity contribution in [2.75, 3.05) is 0 Å². The van der Waals surface area contributed by atoms with Crippen LogP contribution in [0.2, 0.25) is 0 Å². The van der Waals surface area contributed by atoms with E-state index in [0.717, 1.165) is 11.5 Å². The molecule has 0 spiro atoms. The van der Waals surface area contributed by atoms with Crippen LogP contribution in [0.4, 0.5) is 0 Å². The Labute approximate surface area is 72.5 Å². The predicted octanol–water partition coefficient (Wildman–Crippen LogP) is 3.12. The topological polar surface area (TPSA) is 12.4 Å². The Hall–Kier alpha value is -0.560. The molecule has 60 valence electrons. The summed E-state index contributed by atoms with van der Waals surface area (Å²) in [6, 6.07) is 0. The first kappa shape index (κ1) is 8.54. The maximum atomic E-state index is 5.79. The molecule has 0 saturated heterocycles. The lowest BCUT2D eigenvalue weighted by Gasteiger charge is -2.04. The molecule has 1 rings (SSSR count). The molecule has 1 heterocycles. The summed E-state index contributed by atoms with van der Waals surface area (Å²) in [7, 11) is 0. The minimum absolute atomic E-state index is 0.512. The van der Waals surface area contributed by atoms with Crippen LogP contribution in [0.15, 0.2) is 28.4 Å². The molecule has 0 aromatic heterocycles. The molecule has 0 amide bonds. The molecule has 2 heteroatoms. The third-order valence-corrected chi connectivity index (χ3v) is 1.93. The van der Waals surface area contributed by atoms with Crippen molar-refractivity contribution in [3.63, 3.8) is 0 Å². The van der Waals surface area contributed by atoms with Gasteiger partial charge in [0.05, 0.1) is 0 Å². The van der Waals surface area contributed by atoms with Crippen LogP contribution < -0.4 is 0 Å². The summed E-state index contributed by atoms with van der Waals surface area (Å²) in [5, 5.41) is 0.782. The third-order valence-electron chi connectivity index (χ3n) is 1.65. The lowest BCUT2D eigenvalue weighted by atomic mass is 10.1. The smallest absolute Gasteiger partial charge is 0.0385 e. The number of rotatable bonds is 1. The highest BCUT2D eigenvalue weighted by molar-refractivity contribution is 6.31. The zero-order valence-corrected chi connectivity index (χ0v) is 7.60. The molecule has 0 aromatic rings. The van der Waals surface area contributed by atoms with Crippen molar-refractivity contribution in [2.24, 2.45) is 10.9 Å². The van der Waals surface area contributed by atoms with Gasteiger partial charge in [0.2, 0.25) is 0 Å². The summed E-state index contributed by atoms with van der Waals surface area (Å²) in [4.78, 5) is 4.27. The summed E-state index contributed by atoms with van der Waals surface area (Å²) in [6.07, 6.45) is 6.45. The highest BCUT2D eigenvalue weighted by Gasteiger charge is 2.04. The highest BCUT2D eigenvalue weighted by Crippen LogP contribution is 2.12. The highest BCUT2D eigenvalue weighted by atomic mass is 35.5. The van der Waals surface area contributed by atoms with Gasteiger partial charge in [0.1, 0.15) is 0 Å². The molecular weight excluding hydrogens is 158 g/mol. The molecule has 0 aromatic carbocycles. The van der Waals surface area contributed by atoms with Gasteiger partial charge in [-0.3, -0.25) is 4.99 Å². The van der Waals surface area contributed by atoms with Crippen LogP contribution in [0.5, 0.6) is 0 Å². The molecule has 0 N–H and O–H groups in total. The maximum Gasteiger partial charge on any atom is 0.0385 e. The number of hydrogen-bond donors (Lipinski definition) is 0. The van der Waals surface area contributed by atoms with Crippen LogP contribution in [0.3, 0.4) is 0 Å². The van der Waals surface area contributed by atoms with Crippen LogP contribution in [-0.2, 0) is 0 Å². The van der Waals surface area contributed by atoms with Crippen molar-refractivity contribution in [3.8, 4) is 0 Å². The zero-order valence-electron chi connectivity index (χ0n) is 6.84. The van der Waals surface area contributed by atoms with Gasteiger partial charge in [-0.25, -0.2) is 0 Å². The molecule has 0 radical (unpaired) electrons. The van der Waals surface area contributed by atoms with Gasteiger partial charge in [-0.2, -0.15) is 0 Å². The average Bonchev–Trinajstić information content (AvgIpc) is 2.13. The minimum atomic E-state index is 0.512. The zero-order chi connectivity index (χ0) is 8.27. The van der Waals surface area contributed by atoms with Gasteiger partial charge in [-0.05, 0) is 12.0 Å². The van der Waals surface area contributed by atoms with Crippen molar-refractivity contribution in [2.45, 2.75) is 20.3 Å². The van der Waals surface area contributed by atoms with E-state index in [-0.39, 0.29) is 0 Å². The van der Waals surface area contributed by atoms with Crippen molar-refractivity contribution >= 4 is 17.3 Å². The second-order valence-corrected chi connectivity index (χ2v) is 3.32. The van der Waals surface area contributed by atoms with Crippen molar-refractivity contribution in [1.29, 1.82) is 0 Å². The van der Waals surface area contributed by atoms with Crippen LogP contribution in [-0.4, -0.2) is 5.71 Å². The summed E-state index contributed by atoms with van der Waals surface area (Å²) in [5.74, 6) is 0.512. The molecule has 11 heavy (non-hydrogen) atoms. The first-order valence-corrected chi connectivity index (χ1v) is 4.16. The molecule has 1 nitrogen and oxygen atoms in total. The number of halogens is 1. The first-order valence-electron chi connectivity index (χ1n) is 3.79. The molecule has 0 fully saturated rings. The molecule has 0 unspecified atom stereocenters. The number of allylic oxidation sites excluding steroid dienone is 3. The second-order valence-electron chi connectivity index (χ2n) is 2.88. The van der Waals surface area contributed by atoms with E-state index in [0.29, 0.717) is 5.92 Å². The van der Waals surface area contributed by atoms with Gasteiger partial charge in [0.25, 0.3) is 0 Å². The van der Waals surface area contributed by atoms with Gasteiger partial charge in [-0.1, -0.05) is 31.5 Å². The van der Waals surface area contributed by atoms with E-state index >= 15 is 0 Å². The molecule has 0 aliphatic carbocycles. The number of hydrogen-bond acceptors (Lipinski definition) is 1. The van der Waals surface area contributed by atoms with E-state index in [9.17, 15) is 0 Å². The summed E-state index contributed by atoms with van der Waals surface area (Å²) in [5.41, 5.74) is 1.19. The molecule has 0 saturated carbocycles. The fourth-order valence-corrected chi connectivity index (χ4v) is 1.05. The Morgan fingerprint density at radius 3 is 2.91 bits per heavy atom. The largest absolute Gasteiger partial charge is 0.265 e.